The molecule has 2 fully saturated rings. The van der Waals surface area contributed by atoms with E-state index in [4.69, 9.17) is 9.84 Å². The van der Waals surface area contributed by atoms with E-state index in [1.807, 2.05) is 0 Å². The minimum atomic E-state index is -0.715. The van der Waals surface area contributed by atoms with Crippen LogP contribution in [0.1, 0.15) is 57.8 Å². The Labute approximate surface area is 126 Å². The van der Waals surface area contributed by atoms with Gasteiger partial charge >= 0.3 is 5.97 Å². The molecular weight excluding hydrogens is 270 g/mol. The van der Waals surface area contributed by atoms with Gasteiger partial charge in [0.05, 0.1) is 12.0 Å². The van der Waals surface area contributed by atoms with Crippen molar-refractivity contribution >= 4 is 11.9 Å². The van der Waals surface area contributed by atoms with E-state index < -0.39 is 5.97 Å². The van der Waals surface area contributed by atoms with Crippen molar-refractivity contribution in [2.45, 2.75) is 69.9 Å². The summed E-state index contributed by atoms with van der Waals surface area (Å²) in [6, 6.07) is 0.210. The number of hydrogen-bond acceptors (Lipinski definition) is 3. The second kappa shape index (κ2) is 7.78. The number of methoxy groups -OCH3 is 1. The van der Waals surface area contributed by atoms with E-state index in [2.05, 4.69) is 5.32 Å². The van der Waals surface area contributed by atoms with Gasteiger partial charge in [0.15, 0.2) is 0 Å². The van der Waals surface area contributed by atoms with Crippen molar-refractivity contribution in [3.05, 3.63) is 0 Å². The molecule has 5 nitrogen and oxygen atoms in total. The average molecular weight is 297 g/mol. The van der Waals surface area contributed by atoms with Crippen molar-refractivity contribution in [2.75, 3.05) is 7.11 Å². The van der Waals surface area contributed by atoms with Crippen LogP contribution in [0, 0.1) is 11.8 Å². The number of aliphatic carboxylic acids is 1. The van der Waals surface area contributed by atoms with Gasteiger partial charge in [0.25, 0.3) is 0 Å². The molecule has 2 atom stereocenters. The molecule has 120 valence electrons. The lowest BCUT2D eigenvalue weighted by molar-refractivity contribution is -0.138. The SMILES string of the molecule is COC1CCCCC1C(=O)NC1CCC(CC(=O)O)CC1. The van der Waals surface area contributed by atoms with Crippen molar-refractivity contribution in [3.63, 3.8) is 0 Å². The number of ether oxygens (including phenoxy) is 1. The third-order valence-corrected chi connectivity index (χ3v) is 5.00. The minimum absolute atomic E-state index is 0.0134. The van der Waals surface area contributed by atoms with Crippen LogP contribution >= 0.6 is 0 Å². The van der Waals surface area contributed by atoms with Crippen LogP contribution in [-0.4, -0.2) is 36.2 Å². The molecular formula is C16H27NO4. The highest BCUT2D eigenvalue weighted by molar-refractivity contribution is 5.79. The van der Waals surface area contributed by atoms with Gasteiger partial charge in [0.2, 0.25) is 5.91 Å². The van der Waals surface area contributed by atoms with Crippen molar-refractivity contribution in [1.29, 1.82) is 0 Å². The lowest BCUT2D eigenvalue weighted by Crippen LogP contribution is -2.45. The van der Waals surface area contributed by atoms with Gasteiger partial charge in [-0.1, -0.05) is 12.8 Å². The quantitative estimate of drug-likeness (QED) is 0.816. The zero-order valence-electron chi connectivity index (χ0n) is 12.8. The summed E-state index contributed by atoms with van der Waals surface area (Å²) in [5, 5.41) is 12.0. The molecule has 0 aromatic heterocycles. The summed E-state index contributed by atoms with van der Waals surface area (Å²) >= 11 is 0. The van der Waals surface area contributed by atoms with Gasteiger partial charge in [-0.2, -0.15) is 0 Å². The number of carboxylic acids is 1. The summed E-state index contributed by atoms with van der Waals surface area (Å²) in [5.41, 5.74) is 0. The zero-order valence-corrected chi connectivity index (χ0v) is 12.8. The standard InChI is InChI=1S/C16H27NO4/c1-21-14-5-3-2-4-13(14)16(20)17-12-8-6-11(7-9-12)10-15(18)19/h11-14H,2-10H2,1H3,(H,17,20)(H,18,19). The van der Waals surface area contributed by atoms with E-state index in [0.29, 0.717) is 0 Å². The van der Waals surface area contributed by atoms with E-state index in [1.165, 1.54) is 0 Å². The molecule has 21 heavy (non-hydrogen) atoms. The predicted molar refractivity (Wildman–Crippen MR) is 78.9 cm³/mol. The fourth-order valence-electron chi connectivity index (χ4n) is 3.74. The monoisotopic (exact) mass is 297 g/mol. The summed E-state index contributed by atoms with van der Waals surface area (Å²) in [5.74, 6) is -0.326. The predicted octanol–water partition coefficient (Wildman–Crippen LogP) is 2.34. The van der Waals surface area contributed by atoms with Crippen LogP contribution in [-0.2, 0) is 14.3 Å². The van der Waals surface area contributed by atoms with Gasteiger partial charge in [-0.05, 0) is 44.4 Å². The molecule has 0 heterocycles. The third-order valence-electron chi connectivity index (χ3n) is 5.00. The lowest BCUT2D eigenvalue weighted by atomic mass is 9.82. The Bertz CT molecular complexity index is 363. The number of amides is 1. The number of hydrogen-bond donors (Lipinski definition) is 2. The molecule has 0 radical (unpaired) electrons. The van der Waals surface area contributed by atoms with Gasteiger partial charge in [-0.15, -0.1) is 0 Å². The Balaban J connectivity index is 1.77. The number of nitrogens with one attached hydrogen (secondary N) is 1. The maximum Gasteiger partial charge on any atom is 0.303 e. The largest absolute Gasteiger partial charge is 0.481 e. The highest BCUT2D eigenvalue weighted by Crippen LogP contribution is 2.29. The van der Waals surface area contributed by atoms with Crippen LogP contribution in [0.4, 0.5) is 0 Å². The second-order valence-corrected chi connectivity index (χ2v) is 6.49. The van der Waals surface area contributed by atoms with Gasteiger partial charge in [-0.3, -0.25) is 9.59 Å². The Morgan fingerprint density at radius 1 is 1.10 bits per heavy atom. The van der Waals surface area contributed by atoms with E-state index in [0.717, 1.165) is 51.4 Å². The first kappa shape index (κ1) is 16.3. The first-order valence-electron chi connectivity index (χ1n) is 8.15. The first-order valence-corrected chi connectivity index (χ1v) is 8.15. The van der Waals surface area contributed by atoms with Crippen LogP contribution in [0.3, 0.4) is 0 Å². The van der Waals surface area contributed by atoms with Crippen molar-refractivity contribution in [1.82, 2.24) is 5.32 Å². The Hall–Kier alpha value is -1.10. The average Bonchev–Trinajstić information content (AvgIpc) is 2.48. The fraction of sp³-hybridized carbons (Fsp3) is 0.875. The topological polar surface area (TPSA) is 75.6 Å². The molecule has 0 aromatic carbocycles. The van der Waals surface area contributed by atoms with Gasteiger partial charge in [0, 0.05) is 19.6 Å². The Kier molecular flexibility index (Phi) is 6.03. The molecule has 0 saturated heterocycles. The number of carbonyl (C=O) groups excluding carboxylic acids is 1. The van der Waals surface area contributed by atoms with Crippen molar-refractivity contribution in [3.8, 4) is 0 Å². The van der Waals surface area contributed by atoms with E-state index in [-0.39, 0.29) is 36.3 Å². The molecule has 5 heteroatoms. The molecule has 2 saturated carbocycles. The molecule has 2 aliphatic rings. The second-order valence-electron chi connectivity index (χ2n) is 6.49. The molecule has 0 aliphatic heterocycles. The Morgan fingerprint density at radius 2 is 1.76 bits per heavy atom. The highest BCUT2D eigenvalue weighted by atomic mass is 16.5. The molecule has 1 amide bonds. The molecule has 2 N–H and O–H groups in total. The van der Waals surface area contributed by atoms with Crippen LogP contribution in [0.15, 0.2) is 0 Å². The van der Waals surface area contributed by atoms with Gasteiger partial charge < -0.3 is 15.2 Å². The number of carbonyl (C=O) groups is 2. The van der Waals surface area contributed by atoms with E-state index in [9.17, 15) is 9.59 Å². The molecule has 0 aromatic rings. The van der Waals surface area contributed by atoms with Crippen LogP contribution in [0.2, 0.25) is 0 Å². The van der Waals surface area contributed by atoms with Gasteiger partial charge in [0.1, 0.15) is 0 Å². The van der Waals surface area contributed by atoms with E-state index >= 15 is 0 Å². The maximum absolute atomic E-state index is 12.4. The molecule has 0 bridgehead atoms. The summed E-state index contributed by atoms with van der Waals surface area (Å²) in [6.45, 7) is 0. The first-order chi connectivity index (χ1) is 10.1. The smallest absolute Gasteiger partial charge is 0.303 e. The summed E-state index contributed by atoms with van der Waals surface area (Å²) < 4.78 is 5.45. The Morgan fingerprint density at radius 3 is 2.38 bits per heavy atom. The van der Waals surface area contributed by atoms with Gasteiger partial charge in [-0.25, -0.2) is 0 Å². The summed E-state index contributed by atoms with van der Waals surface area (Å²) in [4.78, 5) is 23.1. The maximum atomic E-state index is 12.4. The zero-order chi connectivity index (χ0) is 15.2. The summed E-state index contributed by atoms with van der Waals surface area (Å²) in [6.07, 6.45) is 8.04. The van der Waals surface area contributed by atoms with Crippen LogP contribution < -0.4 is 5.32 Å². The van der Waals surface area contributed by atoms with E-state index in [1.54, 1.807) is 7.11 Å². The summed E-state index contributed by atoms with van der Waals surface area (Å²) in [7, 11) is 1.69. The fourth-order valence-corrected chi connectivity index (χ4v) is 3.74. The minimum Gasteiger partial charge on any atom is -0.481 e. The van der Waals surface area contributed by atoms with Crippen molar-refractivity contribution < 1.29 is 19.4 Å². The van der Waals surface area contributed by atoms with Crippen molar-refractivity contribution in [2.24, 2.45) is 11.8 Å². The third kappa shape index (κ3) is 4.70. The number of carboxylic acid groups (broad SMARTS) is 1. The number of rotatable bonds is 5. The molecule has 2 aliphatic carbocycles. The van der Waals surface area contributed by atoms with Crippen LogP contribution in [0.25, 0.3) is 0 Å². The highest BCUT2D eigenvalue weighted by Gasteiger charge is 2.32. The molecule has 2 rings (SSSR count). The van der Waals surface area contributed by atoms with Crippen LogP contribution in [0.5, 0.6) is 0 Å². The normalized spacial score (nSPS) is 33.4. The molecule has 2 unspecified atom stereocenters. The molecule has 0 spiro atoms. The lowest BCUT2D eigenvalue weighted by Gasteiger charge is -2.33.